The molecule has 10 nitrogen and oxygen atoms in total. The first-order valence-corrected chi connectivity index (χ1v) is 10.1. The second-order valence-electron chi connectivity index (χ2n) is 7.43. The highest BCUT2D eigenvalue weighted by Gasteiger charge is 2.19. The molecule has 0 aliphatic carbocycles. The first kappa shape index (κ1) is 20.7. The second-order valence-corrected chi connectivity index (χ2v) is 7.43. The minimum absolute atomic E-state index is 0.186. The molecule has 4 rings (SSSR count). The average Bonchev–Trinajstić information content (AvgIpc) is 3.20. The van der Waals surface area contributed by atoms with Gasteiger partial charge < -0.3 is 19.9 Å². The smallest absolute Gasteiger partial charge is 0.269 e. The van der Waals surface area contributed by atoms with Gasteiger partial charge in [0, 0.05) is 39.8 Å². The summed E-state index contributed by atoms with van der Waals surface area (Å²) in [6.07, 6.45) is 0. The zero-order valence-corrected chi connectivity index (χ0v) is 17.9. The van der Waals surface area contributed by atoms with Gasteiger partial charge in [-0.05, 0) is 6.07 Å². The van der Waals surface area contributed by atoms with Crippen LogP contribution in [-0.4, -0.2) is 71.0 Å². The Bertz CT molecular complexity index is 1040. The first-order chi connectivity index (χ1) is 15.0. The van der Waals surface area contributed by atoms with E-state index >= 15 is 0 Å². The molecule has 162 valence electrons. The van der Waals surface area contributed by atoms with E-state index in [0.717, 1.165) is 24.3 Å². The van der Waals surface area contributed by atoms with Crippen LogP contribution in [0.2, 0.25) is 0 Å². The molecule has 1 N–H and O–H groups in total. The molecule has 1 aliphatic rings. The molecule has 0 saturated carbocycles. The van der Waals surface area contributed by atoms with Crippen LogP contribution in [0.15, 0.2) is 36.4 Å². The number of aromatic nitrogens is 5. The van der Waals surface area contributed by atoms with Gasteiger partial charge in [0.15, 0.2) is 5.82 Å². The van der Waals surface area contributed by atoms with Gasteiger partial charge in [0.05, 0.1) is 25.5 Å². The Kier molecular flexibility index (Phi) is 6.08. The van der Waals surface area contributed by atoms with Crippen molar-refractivity contribution in [2.45, 2.75) is 6.54 Å². The zero-order valence-electron chi connectivity index (χ0n) is 17.9. The molecule has 0 unspecified atom stereocenters. The van der Waals surface area contributed by atoms with Gasteiger partial charge in [-0.15, -0.1) is 0 Å². The Balaban J connectivity index is 1.50. The highest BCUT2D eigenvalue weighted by molar-refractivity contribution is 5.93. The van der Waals surface area contributed by atoms with Crippen LogP contribution in [-0.2, 0) is 18.3 Å². The number of amides is 1. The number of carbonyl (C=O) groups excluding carboxylic acids is 1. The molecule has 1 amide bonds. The molecule has 0 radical (unpaired) electrons. The molecule has 1 aromatic carbocycles. The molecule has 1 fully saturated rings. The van der Waals surface area contributed by atoms with Gasteiger partial charge >= 0.3 is 0 Å². The van der Waals surface area contributed by atoms with E-state index in [-0.39, 0.29) is 12.5 Å². The molecule has 0 spiro atoms. The van der Waals surface area contributed by atoms with Crippen molar-refractivity contribution in [2.24, 2.45) is 7.05 Å². The lowest BCUT2D eigenvalue weighted by Crippen LogP contribution is -2.38. The minimum Gasteiger partial charge on any atom is -0.378 e. The van der Waals surface area contributed by atoms with E-state index < -0.39 is 0 Å². The third-order valence-corrected chi connectivity index (χ3v) is 4.94. The number of anilines is 2. The molecule has 1 aliphatic heterocycles. The van der Waals surface area contributed by atoms with E-state index in [1.165, 1.54) is 0 Å². The Morgan fingerprint density at radius 3 is 2.58 bits per heavy atom. The number of benzene rings is 1. The zero-order chi connectivity index (χ0) is 21.8. The Morgan fingerprint density at radius 2 is 1.87 bits per heavy atom. The summed E-state index contributed by atoms with van der Waals surface area (Å²) in [6, 6.07) is 11.5. The second kappa shape index (κ2) is 9.09. The summed E-state index contributed by atoms with van der Waals surface area (Å²) in [5, 5.41) is 7.36. The van der Waals surface area contributed by atoms with Crippen molar-refractivity contribution in [3.05, 3.63) is 47.9 Å². The van der Waals surface area contributed by atoms with E-state index in [2.05, 4.69) is 30.3 Å². The van der Waals surface area contributed by atoms with Crippen molar-refractivity contribution >= 4 is 17.8 Å². The molecular formula is C21H26N8O2. The van der Waals surface area contributed by atoms with Crippen LogP contribution in [0.3, 0.4) is 0 Å². The van der Waals surface area contributed by atoms with E-state index in [1.54, 1.807) is 17.8 Å². The van der Waals surface area contributed by atoms with Gasteiger partial charge in [-0.25, -0.2) is 0 Å². The number of aryl methyl sites for hydroxylation is 1. The number of hydrogen-bond acceptors (Lipinski definition) is 8. The maximum Gasteiger partial charge on any atom is 0.269 e. The predicted octanol–water partition coefficient (Wildman–Crippen LogP) is 1.10. The van der Waals surface area contributed by atoms with Gasteiger partial charge in [0.1, 0.15) is 5.69 Å². The number of carbonyl (C=O) groups is 1. The van der Waals surface area contributed by atoms with Crippen molar-refractivity contribution in [1.29, 1.82) is 0 Å². The van der Waals surface area contributed by atoms with Gasteiger partial charge in [-0.3, -0.25) is 9.48 Å². The first-order valence-electron chi connectivity index (χ1n) is 10.1. The number of ether oxygens (including phenoxy) is 1. The topological polar surface area (TPSA) is 101 Å². The lowest BCUT2D eigenvalue weighted by molar-refractivity contribution is 0.0940. The highest BCUT2D eigenvalue weighted by atomic mass is 16.5. The van der Waals surface area contributed by atoms with Crippen LogP contribution in [0, 0.1) is 0 Å². The standard InChI is InChI=1S/C21H26N8O2/c1-27(2)20-23-18(24-21(25-20)29-9-11-31-12-10-29)14-22-19(30)17-13-16(26-28(17)3)15-7-5-4-6-8-15/h4-8,13H,9-12,14H2,1-3H3,(H,22,30). The van der Waals surface area contributed by atoms with Crippen molar-refractivity contribution in [1.82, 2.24) is 30.0 Å². The Labute approximate surface area is 180 Å². The Hall–Kier alpha value is -3.53. The molecule has 1 saturated heterocycles. The number of morpholine rings is 1. The number of rotatable bonds is 6. The van der Waals surface area contributed by atoms with Crippen LogP contribution in [0.1, 0.15) is 16.3 Å². The largest absolute Gasteiger partial charge is 0.378 e. The van der Waals surface area contributed by atoms with Gasteiger partial charge in [0.2, 0.25) is 11.9 Å². The summed E-state index contributed by atoms with van der Waals surface area (Å²) in [7, 11) is 5.51. The van der Waals surface area contributed by atoms with Gasteiger partial charge in [-0.1, -0.05) is 30.3 Å². The quantitative estimate of drug-likeness (QED) is 0.630. The molecule has 0 atom stereocenters. The fourth-order valence-electron chi connectivity index (χ4n) is 3.26. The van der Waals surface area contributed by atoms with Crippen molar-refractivity contribution in [3.8, 4) is 11.3 Å². The Morgan fingerprint density at radius 1 is 1.13 bits per heavy atom. The molecule has 0 bridgehead atoms. The fraction of sp³-hybridized carbons (Fsp3) is 0.381. The molecule has 3 aromatic rings. The lowest BCUT2D eigenvalue weighted by Gasteiger charge is -2.27. The summed E-state index contributed by atoms with van der Waals surface area (Å²) in [6.45, 7) is 2.91. The van der Waals surface area contributed by atoms with Crippen LogP contribution >= 0.6 is 0 Å². The lowest BCUT2D eigenvalue weighted by atomic mass is 10.1. The predicted molar refractivity (Wildman–Crippen MR) is 117 cm³/mol. The normalized spacial score (nSPS) is 13.8. The fourth-order valence-corrected chi connectivity index (χ4v) is 3.26. The number of hydrogen-bond donors (Lipinski definition) is 1. The van der Waals surface area contributed by atoms with Gasteiger partial charge in [0.25, 0.3) is 5.91 Å². The number of nitrogens with zero attached hydrogens (tertiary/aromatic N) is 7. The maximum atomic E-state index is 12.8. The summed E-state index contributed by atoms with van der Waals surface area (Å²) in [4.78, 5) is 30.3. The molecule has 31 heavy (non-hydrogen) atoms. The highest BCUT2D eigenvalue weighted by Crippen LogP contribution is 2.18. The average molecular weight is 422 g/mol. The van der Waals surface area contributed by atoms with Crippen LogP contribution in [0.25, 0.3) is 11.3 Å². The monoisotopic (exact) mass is 422 g/mol. The summed E-state index contributed by atoms with van der Waals surface area (Å²) in [5.41, 5.74) is 2.17. The van der Waals surface area contributed by atoms with Gasteiger partial charge in [-0.2, -0.15) is 20.1 Å². The maximum absolute atomic E-state index is 12.8. The molecule has 2 aromatic heterocycles. The van der Waals surface area contributed by atoms with E-state index in [1.807, 2.05) is 49.3 Å². The summed E-state index contributed by atoms with van der Waals surface area (Å²) >= 11 is 0. The van der Waals surface area contributed by atoms with E-state index in [0.29, 0.717) is 36.6 Å². The van der Waals surface area contributed by atoms with E-state index in [4.69, 9.17) is 4.74 Å². The summed E-state index contributed by atoms with van der Waals surface area (Å²) < 4.78 is 6.99. The van der Waals surface area contributed by atoms with Crippen LogP contribution < -0.4 is 15.1 Å². The van der Waals surface area contributed by atoms with Crippen molar-refractivity contribution in [2.75, 3.05) is 50.2 Å². The third-order valence-electron chi connectivity index (χ3n) is 4.94. The van der Waals surface area contributed by atoms with Crippen molar-refractivity contribution in [3.63, 3.8) is 0 Å². The van der Waals surface area contributed by atoms with E-state index in [9.17, 15) is 4.79 Å². The number of nitrogens with one attached hydrogen (secondary N) is 1. The summed E-state index contributed by atoms with van der Waals surface area (Å²) in [5.74, 6) is 1.40. The third kappa shape index (κ3) is 4.80. The van der Waals surface area contributed by atoms with Crippen LogP contribution in [0.5, 0.6) is 0 Å². The molecular weight excluding hydrogens is 396 g/mol. The molecule has 3 heterocycles. The molecule has 10 heteroatoms. The SMILES string of the molecule is CN(C)c1nc(CNC(=O)c2cc(-c3ccccc3)nn2C)nc(N2CCOCC2)n1. The van der Waals surface area contributed by atoms with Crippen LogP contribution in [0.4, 0.5) is 11.9 Å². The van der Waals surface area contributed by atoms with Crippen molar-refractivity contribution < 1.29 is 9.53 Å². The minimum atomic E-state index is -0.239.